The van der Waals surface area contributed by atoms with Crippen molar-refractivity contribution in [2.75, 3.05) is 18.6 Å². The van der Waals surface area contributed by atoms with E-state index >= 15 is 0 Å². The van der Waals surface area contributed by atoms with Gasteiger partial charge in [-0.3, -0.25) is 0 Å². The Morgan fingerprint density at radius 2 is 2.06 bits per heavy atom. The third-order valence-corrected chi connectivity index (χ3v) is 3.69. The molecule has 1 atom stereocenters. The Hall–Kier alpha value is -0.880. The number of nitrogens with zero attached hydrogens (tertiary/aromatic N) is 1. The molecule has 0 aliphatic rings. The number of aromatic nitrogens is 1. The number of nitrogens with one attached hydrogen (secondary N) is 1. The predicted molar refractivity (Wildman–Crippen MR) is 66.7 cm³/mol. The minimum Gasteiger partial charge on any atom is -0.361 e. The SMILES string of the molecule is Cc1noc(C)c1C(C)NCCCS(C)(=O)=O. The Bertz CT molecular complexity index is 446. The molecule has 17 heavy (non-hydrogen) atoms. The molecule has 0 fully saturated rings. The second-order valence-corrected chi connectivity index (χ2v) is 6.66. The van der Waals surface area contributed by atoms with E-state index in [1.807, 2.05) is 20.8 Å². The van der Waals surface area contributed by atoms with Crippen molar-refractivity contribution >= 4 is 9.84 Å². The van der Waals surface area contributed by atoms with Crippen molar-refractivity contribution in [1.82, 2.24) is 10.5 Å². The molecule has 1 aromatic heterocycles. The normalized spacial score (nSPS) is 13.9. The largest absolute Gasteiger partial charge is 0.361 e. The average Bonchev–Trinajstić information content (AvgIpc) is 2.52. The van der Waals surface area contributed by atoms with Crippen molar-refractivity contribution in [3.8, 4) is 0 Å². The molecule has 0 saturated carbocycles. The van der Waals surface area contributed by atoms with Crippen molar-refractivity contribution in [3.63, 3.8) is 0 Å². The van der Waals surface area contributed by atoms with Gasteiger partial charge in [-0.25, -0.2) is 8.42 Å². The first-order chi connectivity index (χ1) is 7.81. The van der Waals surface area contributed by atoms with Gasteiger partial charge in [0.05, 0.1) is 11.4 Å². The maximum absolute atomic E-state index is 11.0. The van der Waals surface area contributed by atoms with Gasteiger partial charge in [0.2, 0.25) is 0 Å². The molecule has 1 rings (SSSR count). The van der Waals surface area contributed by atoms with Crippen molar-refractivity contribution in [2.24, 2.45) is 0 Å². The van der Waals surface area contributed by atoms with Crippen molar-refractivity contribution < 1.29 is 12.9 Å². The van der Waals surface area contributed by atoms with Crippen LogP contribution in [0.15, 0.2) is 4.52 Å². The summed E-state index contributed by atoms with van der Waals surface area (Å²) in [6, 6.07) is 0.126. The van der Waals surface area contributed by atoms with Gasteiger partial charge in [-0.05, 0) is 33.7 Å². The zero-order valence-corrected chi connectivity index (χ0v) is 11.6. The van der Waals surface area contributed by atoms with E-state index in [9.17, 15) is 8.42 Å². The van der Waals surface area contributed by atoms with E-state index in [-0.39, 0.29) is 11.8 Å². The second kappa shape index (κ2) is 5.64. The molecule has 1 unspecified atom stereocenters. The fourth-order valence-corrected chi connectivity index (χ4v) is 2.53. The number of hydrogen-bond donors (Lipinski definition) is 1. The van der Waals surface area contributed by atoms with Crippen LogP contribution in [-0.4, -0.2) is 32.1 Å². The lowest BCUT2D eigenvalue weighted by Gasteiger charge is -2.13. The summed E-state index contributed by atoms with van der Waals surface area (Å²) in [6.45, 7) is 6.47. The second-order valence-electron chi connectivity index (χ2n) is 4.40. The highest BCUT2D eigenvalue weighted by Gasteiger charge is 2.15. The van der Waals surface area contributed by atoms with Gasteiger partial charge in [0, 0.05) is 17.9 Å². The molecule has 1 N–H and O–H groups in total. The lowest BCUT2D eigenvalue weighted by molar-refractivity contribution is 0.390. The van der Waals surface area contributed by atoms with Crippen molar-refractivity contribution in [1.29, 1.82) is 0 Å². The molecule has 0 aliphatic heterocycles. The molecule has 1 aromatic rings. The summed E-state index contributed by atoms with van der Waals surface area (Å²) in [5.41, 5.74) is 1.94. The predicted octanol–water partition coefficient (Wildman–Crippen LogP) is 1.38. The first kappa shape index (κ1) is 14.2. The van der Waals surface area contributed by atoms with Crippen LogP contribution >= 0.6 is 0 Å². The van der Waals surface area contributed by atoms with Crippen LogP contribution in [0.2, 0.25) is 0 Å². The Kier molecular flexibility index (Phi) is 4.70. The number of aryl methyl sites for hydroxylation is 2. The quantitative estimate of drug-likeness (QED) is 0.782. The minimum absolute atomic E-state index is 0.126. The van der Waals surface area contributed by atoms with E-state index in [1.54, 1.807) is 0 Å². The van der Waals surface area contributed by atoms with E-state index in [1.165, 1.54) is 6.26 Å². The molecule has 0 spiro atoms. The minimum atomic E-state index is -2.86. The van der Waals surface area contributed by atoms with Gasteiger partial charge in [-0.1, -0.05) is 5.16 Å². The molecule has 0 radical (unpaired) electrons. The van der Waals surface area contributed by atoms with Gasteiger partial charge in [0.15, 0.2) is 0 Å². The highest BCUT2D eigenvalue weighted by Crippen LogP contribution is 2.20. The standard InChI is InChI=1S/C11H20N2O3S/c1-8(11-9(2)13-16-10(11)3)12-6-5-7-17(4,14)15/h8,12H,5-7H2,1-4H3. The number of rotatable bonds is 6. The molecule has 6 heteroatoms. The number of hydrogen-bond acceptors (Lipinski definition) is 5. The summed E-state index contributed by atoms with van der Waals surface area (Å²) in [6.07, 6.45) is 1.87. The van der Waals surface area contributed by atoms with Gasteiger partial charge in [0.25, 0.3) is 0 Å². The van der Waals surface area contributed by atoms with Crippen molar-refractivity contribution in [3.05, 3.63) is 17.0 Å². The third-order valence-electron chi connectivity index (χ3n) is 2.66. The van der Waals surface area contributed by atoms with Gasteiger partial charge >= 0.3 is 0 Å². The summed E-state index contributed by atoms with van der Waals surface area (Å²) in [5, 5.41) is 7.17. The molecule has 0 amide bonds. The van der Waals surface area contributed by atoms with Crippen LogP contribution < -0.4 is 5.32 Å². The first-order valence-corrected chi connectivity index (χ1v) is 7.71. The molecule has 98 valence electrons. The zero-order valence-electron chi connectivity index (χ0n) is 10.8. The van der Waals surface area contributed by atoms with Crippen LogP contribution in [0.25, 0.3) is 0 Å². The Morgan fingerprint density at radius 3 is 2.53 bits per heavy atom. The van der Waals surface area contributed by atoms with Crippen molar-refractivity contribution in [2.45, 2.75) is 33.2 Å². The lowest BCUT2D eigenvalue weighted by Crippen LogP contribution is -2.22. The van der Waals surface area contributed by atoms with Gasteiger partial charge < -0.3 is 9.84 Å². The summed E-state index contributed by atoms with van der Waals surface area (Å²) in [7, 11) is -2.86. The van der Waals surface area contributed by atoms with E-state index in [2.05, 4.69) is 10.5 Å². The lowest BCUT2D eigenvalue weighted by atomic mass is 10.1. The van der Waals surface area contributed by atoms with Gasteiger partial charge in [0.1, 0.15) is 15.6 Å². The molecule has 0 aliphatic carbocycles. The highest BCUT2D eigenvalue weighted by molar-refractivity contribution is 7.90. The topological polar surface area (TPSA) is 72.2 Å². The van der Waals surface area contributed by atoms with E-state index in [4.69, 9.17) is 4.52 Å². The smallest absolute Gasteiger partial charge is 0.147 e. The van der Waals surface area contributed by atoms with E-state index in [0.717, 1.165) is 17.0 Å². The average molecular weight is 260 g/mol. The molecule has 0 bridgehead atoms. The fraction of sp³-hybridized carbons (Fsp3) is 0.727. The Balaban J connectivity index is 2.43. The van der Waals surface area contributed by atoms with E-state index < -0.39 is 9.84 Å². The maximum Gasteiger partial charge on any atom is 0.147 e. The van der Waals surface area contributed by atoms with Crippen LogP contribution in [0.3, 0.4) is 0 Å². The van der Waals surface area contributed by atoms with Crippen LogP contribution in [0, 0.1) is 13.8 Å². The van der Waals surface area contributed by atoms with Crippen LogP contribution in [-0.2, 0) is 9.84 Å². The van der Waals surface area contributed by atoms with E-state index in [0.29, 0.717) is 13.0 Å². The Labute approximate surface area is 102 Å². The summed E-state index contributed by atoms with van der Waals surface area (Å²) in [5.74, 6) is 1.03. The summed E-state index contributed by atoms with van der Waals surface area (Å²) >= 11 is 0. The van der Waals surface area contributed by atoms with Crippen LogP contribution in [0.5, 0.6) is 0 Å². The van der Waals surface area contributed by atoms with Gasteiger partial charge in [-0.2, -0.15) is 0 Å². The fourth-order valence-electron chi connectivity index (χ4n) is 1.86. The molecule has 0 aromatic carbocycles. The van der Waals surface area contributed by atoms with Gasteiger partial charge in [-0.15, -0.1) is 0 Å². The molecule has 0 saturated heterocycles. The summed E-state index contributed by atoms with van der Waals surface area (Å²) < 4.78 is 27.0. The maximum atomic E-state index is 11.0. The zero-order chi connectivity index (χ0) is 13.1. The monoisotopic (exact) mass is 260 g/mol. The molecular formula is C11H20N2O3S. The van der Waals surface area contributed by atoms with Crippen LogP contribution in [0.4, 0.5) is 0 Å². The first-order valence-electron chi connectivity index (χ1n) is 5.65. The molecular weight excluding hydrogens is 240 g/mol. The Morgan fingerprint density at radius 1 is 1.41 bits per heavy atom. The summed E-state index contributed by atoms with van der Waals surface area (Å²) in [4.78, 5) is 0. The molecule has 5 nitrogen and oxygen atoms in total. The van der Waals surface area contributed by atoms with Crippen LogP contribution in [0.1, 0.15) is 36.4 Å². The third kappa shape index (κ3) is 4.47. The highest BCUT2D eigenvalue weighted by atomic mass is 32.2. The molecule has 1 heterocycles. The number of sulfone groups is 1.